The van der Waals surface area contributed by atoms with Crippen molar-refractivity contribution in [3.05, 3.63) is 11.2 Å². The van der Waals surface area contributed by atoms with E-state index in [0.29, 0.717) is 30.1 Å². The predicted octanol–water partition coefficient (Wildman–Crippen LogP) is 1.16. The summed E-state index contributed by atoms with van der Waals surface area (Å²) in [4.78, 5) is 4.20. The molecule has 2 N–H and O–H groups in total. The van der Waals surface area contributed by atoms with Crippen LogP contribution in [0.5, 0.6) is 0 Å². The van der Waals surface area contributed by atoms with Crippen molar-refractivity contribution in [1.82, 2.24) is 19.7 Å². The smallest absolute Gasteiger partial charge is 0.279 e. The summed E-state index contributed by atoms with van der Waals surface area (Å²) in [6.45, 7) is 0.416. The van der Waals surface area contributed by atoms with E-state index < -0.39 is 0 Å². The van der Waals surface area contributed by atoms with E-state index in [9.17, 15) is 0 Å². The minimum absolute atomic E-state index is 0.345. The van der Waals surface area contributed by atoms with Crippen LogP contribution in [0.3, 0.4) is 0 Å². The predicted molar refractivity (Wildman–Crippen MR) is 63.7 cm³/mol. The van der Waals surface area contributed by atoms with E-state index in [2.05, 4.69) is 19.7 Å². The number of aromatic nitrogens is 4. The normalized spacial score (nSPS) is 17.6. The third-order valence-corrected chi connectivity index (χ3v) is 3.42. The molecule has 0 spiro atoms. The first-order valence-corrected chi connectivity index (χ1v) is 6.65. The van der Waals surface area contributed by atoms with E-state index in [1.54, 1.807) is 5.38 Å². The third kappa shape index (κ3) is 2.40. The standard InChI is InChI=1S/C10H13N5O2S/c11-7(4-16-6-2-1-3-6)9-12-10(17-14-9)8-5-18-15-13-8/h5-7H,1-4,11H2. The van der Waals surface area contributed by atoms with Gasteiger partial charge in [-0.2, -0.15) is 4.98 Å². The summed E-state index contributed by atoms with van der Waals surface area (Å²) in [6.07, 6.45) is 3.83. The van der Waals surface area contributed by atoms with Crippen LogP contribution in [-0.4, -0.2) is 32.4 Å². The van der Waals surface area contributed by atoms with Crippen LogP contribution in [0.1, 0.15) is 31.1 Å². The number of ether oxygens (including phenoxy) is 1. The van der Waals surface area contributed by atoms with Gasteiger partial charge in [0.15, 0.2) is 11.5 Å². The minimum atomic E-state index is -0.366. The quantitative estimate of drug-likeness (QED) is 0.867. The van der Waals surface area contributed by atoms with Crippen molar-refractivity contribution < 1.29 is 9.26 Å². The monoisotopic (exact) mass is 267 g/mol. The highest BCUT2D eigenvalue weighted by molar-refractivity contribution is 7.03. The second-order valence-corrected chi connectivity index (χ2v) is 4.85. The molecule has 8 heteroatoms. The van der Waals surface area contributed by atoms with Gasteiger partial charge in [0.25, 0.3) is 5.89 Å². The van der Waals surface area contributed by atoms with Crippen LogP contribution in [0, 0.1) is 0 Å². The molecule has 3 rings (SSSR count). The van der Waals surface area contributed by atoms with E-state index >= 15 is 0 Å². The Morgan fingerprint density at radius 3 is 3.11 bits per heavy atom. The molecule has 2 aromatic heterocycles. The lowest BCUT2D eigenvalue weighted by Crippen LogP contribution is -2.27. The summed E-state index contributed by atoms with van der Waals surface area (Å²) in [6, 6.07) is -0.366. The SMILES string of the molecule is NC(COC1CCC1)c1noc(-c2csnn2)n1. The molecule has 0 bridgehead atoms. The van der Waals surface area contributed by atoms with Gasteiger partial charge in [0.1, 0.15) is 0 Å². The molecule has 0 radical (unpaired) electrons. The highest BCUT2D eigenvalue weighted by atomic mass is 32.1. The van der Waals surface area contributed by atoms with Gasteiger partial charge < -0.3 is 15.0 Å². The molecule has 1 aliphatic rings. The Morgan fingerprint density at radius 1 is 1.56 bits per heavy atom. The maximum Gasteiger partial charge on any atom is 0.279 e. The second kappa shape index (κ2) is 5.09. The number of rotatable bonds is 5. The average molecular weight is 267 g/mol. The van der Waals surface area contributed by atoms with E-state index in [4.69, 9.17) is 15.0 Å². The first-order valence-electron chi connectivity index (χ1n) is 5.81. The van der Waals surface area contributed by atoms with E-state index in [1.807, 2.05) is 0 Å². The fraction of sp³-hybridized carbons (Fsp3) is 0.600. The molecule has 0 amide bonds. The van der Waals surface area contributed by atoms with Crippen molar-refractivity contribution in [2.24, 2.45) is 5.73 Å². The Balaban J connectivity index is 1.61. The molecule has 18 heavy (non-hydrogen) atoms. The van der Waals surface area contributed by atoms with Gasteiger partial charge in [0.05, 0.1) is 18.8 Å². The second-order valence-electron chi connectivity index (χ2n) is 4.24. The summed E-state index contributed by atoms with van der Waals surface area (Å²) in [5.41, 5.74) is 6.52. The molecule has 0 saturated heterocycles. The van der Waals surface area contributed by atoms with E-state index in [0.717, 1.165) is 12.8 Å². The van der Waals surface area contributed by atoms with Crippen LogP contribution in [0.15, 0.2) is 9.90 Å². The topological polar surface area (TPSA) is 100.0 Å². The molecule has 1 aliphatic carbocycles. The summed E-state index contributed by atoms with van der Waals surface area (Å²) in [7, 11) is 0. The zero-order valence-electron chi connectivity index (χ0n) is 9.65. The largest absolute Gasteiger partial charge is 0.376 e. The molecule has 1 unspecified atom stereocenters. The van der Waals surface area contributed by atoms with Gasteiger partial charge in [-0.25, -0.2) is 0 Å². The fourth-order valence-corrected chi connectivity index (χ4v) is 2.03. The Morgan fingerprint density at radius 2 is 2.44 bits per heavy atom. The van der Waals surface area contributed by atoms with Gasteiger partial charge >= 0.3 is 0 Å². The van der Waals surface area contributed by atoms with Crippen molar-refractivity contribution in [2.75, 3.05) is 6.61 Å². The van der Waals surface area contributed by atoms with Crippen molar-refractivity contribution in [2.45, 2.75) is 31.4 Å². The van der Waals surface area contributed by atoms with Crippen LogP contribution < -0.4 is 5.73 Å². The van der Waals surface area contributed by atoms with Gasteiger partial charge in [0, 0.05) is 5.38 Å². The zero-order valence-corrected chi connectivity index (χ0v) is 10.5. The average Bonchev–Trinajstić information content (AvgIpc) is 2.97. The number of hydrogen-bond donors (Lipinski definition) is 1. The summed E-state index contributed by atoms with van der Waals surface area (Å²) in [5, 5.41) is 9.44. The Labute approximate surface area is 107 Å². The van der Waals surface area contributed by atoms with Gasteiger partial charge in [-0.05, 0) is 30.8 Å². The molecule has 2 aromatic rings. The Kier molecular flexibility index (Phi) is 3.31. The maximum absolute atomic E-state index is 5.95. The highest BCUT2D eigenvalue weighted by Crippen LogP contribution is 2.23. The van der Waals surface area contributed by atoms with Crippen molar-refractivity contribution in [3.63, 3.8) is 0 Å². The molecule has 1 atom stereocenters. The summed E-state index contributed by atoms with van der Waals surface area (Å²) in [5.74, 6) is 0.787. The van der Waals surface area contributed by atoms with Gasteiger partial charge in [-0.1, -0.05) is 9.64 Å². The van der Waals surface area contributed by atoms with Crippen LogP contribution in [0.2, 0.25) is 0 Å². The van der Waals surface area contributed by atoms with Crippen LogP contribution in [0.25, 0.3) is 11.6 Å². The molecular formula is C10H13N5O2S. The molecule has 1 saturated carbocycles. The van der Waals surface area contributed by atoms with E-state index in [-0.39, 0.29) is 6.04 Å². The lowest BCUT2D eigenvalue weighted by molar-refractivity contribution is -0.00549. The summed E-state index contributed by atoms with van der Waals surface area (Å²) < 4.78 is 14.4. The molecule has 2 heterocycles. The van der Waals surface area contributed by atoms with Gasteiger partial charge in [-0.15, -0.1) is 5.10 Å². The minimum Gasteiger partial charge on any atom is -0.376 e. The lowest BCUT2D eigenvalue weighted by atomic mass is 9.96. The zero-order chi connectivity index (χ0) is 12.4. The first kappa shape index (κ1) is 11.7. The van der Waals surface area contributed by atoms with Gasteiger partial charge in [-0.3, -0.25) is 0 Å². The van der Waals surface area contributed by atoms with E-state index in [1.165, 1.54) is 18.0 Å². The summed E-state index contributed by atoms with van der Waals surface area (Å²) >= 11 is 1.23. The Bertz CT molecular complexity index is 496. The molecule has 96 valence electrons. The first-order chi connectivity index (χ1) is 8.83. The molecule has 0 aromatic carbocycles. The number of nitrogens with two attached hydrogens (primary N) is 1. The number of nitrogens with zero attached hydrogens (tertiary/aromatic N) is 4. The van der Waals surface area contributed by atoms with Crippen LogP contribution in [0.4, 0.5) is 0 Å². The highest BCUT2D eigenvalue weighted by Gasteiger charge is 2.21. The third-order valence-electron chi connectivity index (χ3n) is 2.92. The fourth-order valence-electron chi connectivity index (χ4n) is 1.60. The van der Waals surface area contributed by atoms with Crippen LogP contribution >= 0.6 is 11.5 Å². The maximum atomic E-state index is 5.95. The molecular weight excluding hydrogens is 254 g/mol. The van der Waals surface area contributed by atoms with Crippen molar-refractivity contribution in [1.29, 1.82) is 0 Å². The van der Waals surface area contributed by atoms with Crippen molar-refractivity contribution in [3.8, 4) is 11.6 Å². The van der Waals surface area contributed by atoms with Gasteiger partial charge in [0.2, 0.25) is 0 Å². The molecule has 7 nitrogen and oxygen atoms in total. The number of hydrogen-bond acceptors (Lipinski definition) is 8. The lowest BCUT2D eigenvalue weighted by Gasteiger charge is -2.26. The molecule has 0 aliphatic heterocycles. The van der Waals surface area contributed by atoms with Crippen molar-refractivity contribution >= 4 is 11.5 Å². The molecule has 1 fully saturated rings. The Hall–Kier alpha value is -1.38. The van der Waals surface area contributed by atoms with Crippen LogP contribution in [-0.2, 0) is 4.74 Å².